The highest BCUT2D eigenvalue weighted by Gasteiger charge is 2.34. The van der Waals surface area contributed by atoms with Crippen molar-refractivity contribution in [3.8, 4) is 0 Å². The molecule has 0 atom stereocenters. The molecule has 0 radical (unpaired) electrons. The molecule has 0 N–H and O–H groups in total. The first-order valence-corrected chi connectivity index (χ1v) is 1.66. The van der Waals surface area contributed by atoms with Crippen LogP contribution < -0.4 is 0 Å². The average Bonchev–Trinajstić information content (AvgIpc) is 1.36. The molecular weight excluding hydrogens is 48.0 g/mol. The molecule has 0 bridgehead atoms. The van der Waals surface area contributed by atoms with Gasteiger partial charge in [-0.3, -0.25) is 0 Å². The lowest BCUT2D eigenvalue weighted by Crippen LogP contribution is -1.53. The lowest BCUT2D eigenvalue weighted by Gasteiger charge is -1.71. The molecule has 0 aliphatic heterocycles. The number of hydrogen-bond acceptors (Lipinski definition) is 0. The summed E-state index contributed by atoms with van der Waals surface area (Å²) < 4.78 is 0. The van der Waals surface area contributed by atoms with Crippen LogP contribution >= 0.6 is 0 Å². The van der Waals surface area contributed by atoms with Crippen molar-refractivity contribution in [1.29, 1.82) is 0 Å². The summed E-state index contributed by atoms with van der Waals surface area (Å²) in [5.74, 6) is 0. The summed E-state index contributed by atoms with van der Waals surface area (Å²) in [6.45, 7) is 0. The average molecular weight is 52.1 g/mol. The zero-order valence-electron chi connectivity index (χ0n) is 2.41. The molecule has 0 spiro atoms. The van der Waals surface area contributed by atoms with Gasteiger partial charge in [-0.25, -0.2) is 0 Å². The van der Waals surface area contributed by atoms with Crippen molar-refractivity contribution in [2.75, 3.05) is 0 Å². The smallest absolute Gasteiger partial charge is 0.00962 e. The molecule has 20 valence electrons. The zero-order chi connectivity index (χ0) is 2.57. The fourth-order valence-corrected chi connectivity index (χ4v) is 0.375. The summed E-state index contributed by atoms with van der Waals surface area (Å²) >= 11 is 0. The molecule has 0 aromatic heterocycles. The summed E-state index contributed by atoms with van der Waals surface area (Å²) in [6.07, 6.45) is 2.83. The topological polar surface area (TPSA) is 0 Å². The molecule has 0 aromatic rings. The summed E-state index contributed by atoms with van der Waals surface area (Å²) in [5, 5.41) is 0. The van der Waals surface area contributed by atoms with Crippen LogP contribution in [0, 0.1) is 0 Å². The van der Waals surface area contributed by atoms with E-state index in [2.05, 4.69) is 0 Å². The summed E-state index contributed by atoms with van der Waals surface area (Å²) in [4.78, 5) is 0. The Bertz CT molecular complexity index is 68.2. The predicted octanol–water partition coefficient (Wildman–Crippen LogP) is 1.09. The van der Waals surface area contributed by atoms with Gasteiger partial charge in [0.2, 0.25) is 0 Å². The third-order valence-corrected chi connectivity index (χ3v) is 1.10. The third kappa shape index (κ3) is 0.0159. The second-order valence-electron chi connectivity index (χ2n) is 1.56. The maximum Gasteiger partial charge on any atom is -0.00962 e. The standard InChI is InChI=1S/C4H4/c1-3-2-4(1)3/h1-2H2. The Hall–Kier alpha value is -0.260. The van der Waals surface area contributed by atoms with Crippen LogP contribution in [0.5, 0.6) is 0 Å². The fourth-order valence-electron chi connectivity index (χ4n) is 0.375. The van der Waals surface area contributed by atoms with E-state index < -0.39 is 0 Å². The van der Waals surface area contributed by atoms with E-state index in [9.17, 15) is 0 Å². The van der Waals surface area contributed by atoms with Crippen LogP contribution in [0.1, 0.15) is 12.8 Å². The molecule has 0 nitrogen and oxygen atoms in total. The molecule has 0 heteroatoms. The van der Waals surface area contributed by atoms with Crippen molar-refractivity contribution in [3.05, 3.63) is 11.1 Å². The molecule has 0 aromatic carbocycles. The van der Waals surface area contributed by atoms with Crippen molar-refractivity contribution in [2.24, 2.45) is 0 Å². The molecule has 2 rings (SSSR count). The van der Waals surface area contributed by atoms with Crippen LogP contribution in [0.25, 0.3) is 0 Å². The molecule has 0 amide bonds. The van der Waals surface area contributed by atoms with Crippen LogP contribution in [0.15, 0.2) is 11.1 Å². The summed E-state index contributed by atoms with van der Waals surface area (Å²) in [6, 6.07) is 0. The molecule has 0 heterocycles. The third-order valence-electron chi connectivity index (χ3n) is 1.10. The molecule has 0 unspecified atom stereocenters. The molecule has 0 fully saturated rings. The van der Waals surface area contributed by atoms with Crippen molar-refractivity contribution in [1.82, 2.24) is 0 Å². The van der Waals surface area contributed by atoms with Gasteiger partial charge in [0.25, 0.3) is 0 Å². The molecule has 0 saturated carbocycles. The van der Waals surface area contributed by atoms with Gasteiger partial charge in [-0.05, 0) is 12.8 Å². The van der Waals surface area contributed by atoms with Gasteiger partial charge in [0, 0.05) is 0 Å². The Labute approximate surface area is 25.1 Å². The first kappa shape index (κ1) is 1.25. The lowest BCUT2D eigenvalue weighted by molar-refractivity contribution is 1.19. The Kier molecular flexibility index (Phi) is 0.0433. The van der Waals surface area contributed by atoms with E-state index in [0.29, 0.717) is 0 Å². The fraction of sp³-hybridized carbons (Fsp3) is 0.500. The number of rotatable bonds is 0. The molecule has 2 aliphatic carbocycles. The van der Waals surface area contributed by atoms with Gasteiger partial charge in [-0.15, -0.1) is 0 Å². The first-order chi connectivity index (χ1) is 1.97. The second kappa shape index (κ2) is 0.138. The largest absolute Gasteiger partial charge is 0.0622 e. The maximum atomic E-state index is 1.75. The highest BCUT2D eigenvalue weighted by atomic mass is 14.4. The van der Waals surface area contributed by atoms with Crippen LogP contribution in [0.2, 0.25) is 0 Å². The Morgan fingerprint density at radius 2 is 1.25 bits per heavy atom. The number of allylic oxidation sites excluding steroid dienone is 2. The highest BCUT2D eigenvalue weighted by Crippen LogP contribution is 2.54. The van der Waals surface area contributed by atoms with Gasteiger partial charge in [0.05, 0.1) is 0 Å². The Balaban J connectivity index is 2.77. The van der Waals surface area contributed by atoms with E-state index in [0.717, 1.165) is 0 Å². The van der Waals surface area contributed by atoms with Crippen molar-refractivity contribution in [3.63, 3.8) is 0 Å². The highest BCUT2D eigenvalue weighted by molar-refractivity contribution is 5.54. The summed E-state index contributed by atoms with van der Waals surface area (Å²) in [7, 11) is 0. The van der Waals surface area contributed by atoms with E-state index in [1.54, 1.807) is 11.1 Å². The normalized spacial score (nSPS) is 30.0. The van der Waals surface area contributed by atoms with E-state index in [-0.39, 0.29) is 0 Å². The van der Waals surface area contributed by atoms with E-state index in [4.69, 9.17) is 0 Å². The van der Waals surface area contributed by atoms with E-state index in [1.165, 1.54) is 12.8 Å². The van der Waals surface area contributed by atoms with Gasteiger partial charge < -0.3 is 0 Å². The zero-order valence-corrected chi connectivity index (χ0v) is 2.41. The minimum Gasteiger partial charge on any atom is -0.0622 e. The van der Waals surface area contributed by atoms with Gasteiger partial charge >= 0.3 is 0 Å². The van der Waals surface area contributed by atoms with Crippen molar-refractivity contribution < 1.29 is 0 Å². The quantitative estimate of drug-likeness (QED) is 0.362. The lowest BCUT2D eigenvalue weighted by atomic mass is 10.3. The van der Waals surface area contributed by atoms with Crippen LogP contribution in [0.4, 0.5) is 0 Å². The summed E-state index contributed by atoms with van der Waals surface area (Å²) in [5.41, 5.74) is 3.50. The van der Waals surface area contributed by atoms with Gasteiger partial charge in [-0.2, -0.15) is 0 Å². The molecular formula is C4H4. The second-order valence-corrected chi connectivity index (χ2v) is 1.56. The molecule has 4 heavy (non-hydrogen) atoms. The van der Waals surface area contributed by atoms with Crippen LogP contribution in [0.3, 0.4) is 0 Å². The first-order valence-electron chi connectivity index (χ1n) is 1.66. The SMILES string of the molecule is C1C2=C1C2. The minimum atomic E-state index is 1.42. The maximum absolute atomic E-state index is 1.75. The predicted molar refractivity (Wildman–Crippen MR) is 16.3 cm³/mol. The monoisotopic (exact) mass is 52.0 g/mol. The van der Waals surface area contributed by atoms with Gasteiger partial charge in [0.1, 0.15) is 0 Å². The van der Waals surface area contributed by atoms with Crippen LogP contribution in [-0.4, -0.2) is 0 Å². The van der Waals surface area contributed by atoms with Crippen molar-refractivity contribution in [2.45, 2.75) is 12.8 Å². The molecule has 0 saturated heterocycles. The van der Waals surface area contributed by atoms with E-state index >= 15 is 0 Å². The number of hydrogen-bond donors (Lipinski definition) is 0. The van der Waals surface area contributed by atoms with Gasteiger partial charge in [-0.1, -0.05) is 11.1 Å². The molecule has 2 aliphatic rings. The van der Waals surface area contributed by atoms with Gasteiger partial charge in [0.15, 0.2) is 0 Å². The Morgan fingerprint density at radius 3 is 1.25 bits per heavy atom. The van der Waals surface area contributed by atoms with Crippen LogP contribution in [-0.2, 0) is 0 Å². The van der Waals surface area contributed by atoms with Crippen molar-refractivity contribution >= 4 is 0 Å². The van der Waals surface area contributed by atoms with E-state index in [1.807, 2.05) is 0 Å². The Morgan fingerprint density at radius 1 is 1.00 bits per heavy atom. The minimum absolute atomic E-state index is 1.42.